The van der Waals surface area contributed by atoms with Crippen LogP contribution in [0, 0.1) is 22.7 Å². The Hall–Kier alpha value is -2.56. The van der Waals surface area contributed by atoms with Gasteiger partial charge >= 0.3 is 5.97 Å². The number of nitrogens with zero attached hydrogens (tertiary/aromatic N) is 2. The van der Waals surface area contributed by atoms with Crippen LogP contribution in [0.2, 0.25) is 5.02 Å². The van der Waals surface area contributed by atoms with Gasteiger partial charge in [-0.25, -0.2) is 9.79 Å². The van der Waals surface area contributed by atoms with Crippen LogP contribution in [0.3, 0.4) is 0 Å². The summed E-state index contributed by atoms with van der Waals surface area (Å²) in [6.45, 7) is 8.56. The van der Waals surface area contributed by atoms with Crippen LogP contribution in [0.1, 0.15) is 55.7 Å². The van der Waals surface area contributed by atoms with Crippen LogP contribution in [0.4, 0.5) is 5.00 Å². The van der Waals surface area contributed by atoms with E-state index in [9.17, 15) is 10.1 Å². The number of hydrogen-bond donors (Lipinski definition) is 0. The first-order chi connectivity index (χ1) is 15.7. The normalized spacial score (nSPS) is 15.7. The smallest absolute Gasteiger partial charge is 0.344 e. The number of rotatable bonds is 7. The van der Waals surface area contributed by atoms with Gasteiger partial charge in [0.25, 0.3) is 0 Å². The van der Waals surface area contributed by atoms with Gasteiger partial charge in [-0.3, -0.25) is 0 Å². The minimum absolute atomic E-state index is 0.238. The minimum Gasteiger partial charge on any atom is -0.493 e. The van der Waals surface area contributed by atoms with E-state index >= 15 is 0 Å². The van der Waals surface area contributed by atoms with Gasteiger partial charge in [0.1, 0.15) is 11.1 Å². The monoisotopic (exact) mass is 488 g/mol. The fourth-order valence-corrected chi connectivity index (χ4v) is 5.43. The van der Waals surface area contributed by atoms with Crippen molar-refractivity contribution in [3.05, 3.63) is 38.7 Å². The molecule has 6 nitrogen and oxygen atoms in total. The molecule has 176 valence electrons. The van der Waals surface area contributed by atoms with Crippen molar-refractivity contribution in [3.8, 4) is 17.6 Å². The topological polar surface area (TPSA) is 80.9 Å². The molecule has 0 spiro atoms. The number of fused-ring (bicyclic) bond motifs is 1. The lowest BCUT2D eigenvalue weighted by atomic mass is 9.72. The Balaban J connectivity index is 1.84. The highest BCUT2D eigenvalue weighted by Crippen LogP contribution is 2.45. The number of thiophene rings is 1. The first kappa shape index (κ1) is 25.1. The van der Waals surface area contributed by atoms with Gasteiger partial charge < -0.3 is 14.2 Å². The van der Waals surface area contributed by atoms with E-state index in [4.69, 9.17) is 25.8 Å². The molecule has 1 aliphatic carbocycles. The lowest BCUT2D eigenvalue weighted by Crippen LogP contribution is -2.26. The van der Waals surface area contributed by atoms with Crippen molar-refractivity contribution in [3.63, 3.8) is 0 Å². The zero-order valence-corrected chi connectivity index (χ0v) is 21.2. The molecular formula is C25H29ClN2O4S. The third-order valence-electron chi connectivity index (χ3n) is 5.81. The van der Waals surface area contributed by atoms with E-state index in [2.05, 4.69) is 31.8 Å². The second kappa shape index (κ2) is 10.6. The summed E-state index contributed by atoms with van der Waals surface area (Å²) in [4.78, 5) is 17.5. The summed E-state index contributed by atoms with van der Waals surface area (Å²) in [7, 11) is 1.50. The highest BCUT2D eigenvalue weighted by atomic mass is 35.5. The SMILES string of the molecule is CCOC(=O)COc1c(Cl)cc(C=Nc2sc3c(c2C#N)CC[C@H](C(C)(C)C)C3)cc1OC. The summed E-state index contributed by atoms with van der Waals surface area (Å²) in [6, 6.07) is 5.77. The fraction of sp³-hybridized carbons (Fsp3) is 0.480. The Kier molecular flexibility index (Phi) is 8.04. The largest absolute Gasteiger partial charge is 0.493 e. The second-order valence-corrected chi connectivity index (χ2v) is 10.5. The summed E-state index contributed by atoms with van der Waals surface area (Å²) in [5.74, 6) is 0.757. The van der Waals surface area contributed by atoms with Crippen molar-refractivity contribution in [2.24, 2.45) is 16.3 Å². The van der Waals surface area contributed by atoms with E-state index in [0.717, 1.165) is 29.8 Å². The lowest BCUT2D eigenvalue weighted by molar-refractivity contribution is -0.145. The Labute approximate surface area is 204 Å². The highest BCUT2D eigenvalue weighted by molar-refractivity contribution is 7.16. The maximum absolute atomic E-state index is 11.6. The summed E-state index contributed by atoms with van der Waals surface area (Å²) in [6.07, 6.45) is 4.66. The summed E-state index contributed by atoms with van der Waals surface area (Å²) < 4.78 is 15.8. The molecule has 1 heterocycles. The molecule has 0 unspecified atom stereocenters. The van der Waals surface area contributed by atoms with E-state index in [-0.39, 0.29) is 24.4 Å². The third-order valence-corrected chi connectivity index (χ3v) is 7.25. The molecule has 0 saturated heterocycles. The first-order valence-electron chi connectivity index (χ1n) is 10.9. The van der Waals surface area contributed by atoms with Gasteiger partial charge in [0.15, 0.2) is 18.1 Å². The van der Waals surface area contributed by atoms with Gasteiger partial charge in [-0.05, 0) is 60.8 Å². The van der Waals surface area contributed by atoms with E-state index in [1.165, 1.54) is 12.0 Å². The number of esters is 1. The lowest BCUT2D eigenvalue weighted by Gasteiger charge is -2.33. The van der Waals surface area contributed by atoms with E-state index in [1.807, 2.05) is 0 Å². The molecule has 3 rings (SSSR count). The Morgan fingerprint density at radius 3 is 2.79 bits per heavy atom. The van der Waals surface area contributed by atoms with Gasteiger partial charge in [0.2, 0.25) is 0 Å². The van der Waals surface area contributed by atoms with Gasteiger partial charge in [-0.1, -0.05) is 32.4 Å². The number of aliphatic imine (C=N–C) groups is 1. The molecule has 0 radical (unpaired) electrons. The predicted molar refractivity (Wildman–Crippen MR) is 131 cm³/mol. The van der Waals surface area contributed by atoms with Gasteiger partial charge in [-0.15, -0.1) is 11.3 Å². The molecule has 1 aliphatic rings. The van der Waals surface area contributed by atoms with E-state index < -0.39 is 5.97 Å². The van der Waals surface area contributed by atoms with Gasteiger partial charge in [0.05, 0.1) is 24.3 Å². The maximum atomic E-state index is 11.6. The molecule has 0 aliphatic heterocycles. The number of carbonyl (C=O) groups is 1. The van der Waals surface area contributed by atoms with Gasteiger partial charge in [0, 0.05) is 11.1 Å². The summed E-state index contributed by atoms with van der Waals surface area (Å²) >= 11 is 7.98. The van der Waals surface area contributed by atoms with Crippen LogP contribution >= 0.6 is 22.9 Å². The van der Waals surface area contributed by atoms with Crippen LogP contribution in [0.15, 0.2) is 17.1 Å². The zero-order valence-electron chi connectivity index (χ0n) is 19.7. The van der Waals surface area contributed by atoms with Crippen molar-refractivity contribution in [1.29, 1.82) is 5.26 Å². The molecule has 2 aromatic rings. The zero-order chi connectivity index (χ0) is 24.2. The van der Waals surface area contributed by atoms with Gasteiger partial charge in [-0.2, -0.15) is 5.26 Å². The van der Waals surface area contributed by atoms with Crippen LogP contribution in [-0.4, -0.2) is 32.5 Å². The Morgan fingerprint density at radius 2 is 2.15 bits per heavy atom. The average Bonchev–Trinajstić information content (AvgIpc) is 3.12. The second-order valence-electron chi connectivity index (χ2n) is 8.99. The van der Waals surface area contributed by atoms with Crippen LogP contribution in [0.25, 0.3) is 0 Å². The summed E-state index contributed by atoms with van der Waals surface area (Å²) in [5, 5.41) is 10.8. The molecule has 8 heteroatoms. The number of ether oxygens (including phenoxy) is 3. The number of nitriles is 1. The standard InChI is InChI=1S/C25H29ClN2O4S/c1-6-31-22(29)14-32-23-19(26)9-15(10-20(23)30-5)13-28-24-18(12-27)17-8-7-16(25(2,3)4)11-21(17)33-24/h9-10,13,16H,6-8,11,14H2,1-5H3/t16-/m0/s1. The molecule has 1 aromatic carbocycles. The molecule has 1 atom stereocenters. The van der Waals surface area contributed by atoms with Crippen LogP contribution in [0.5, 0.6) is 11.5 Å². The Morgan fingerprint density at radius 1 is 1.39 bits per heavy atom. The predicted octanol–water partition coefficient (Wildman–Crippen LogP) is 6.13. The number of carbonyl (C=O) groups excluding carboxylic acids is 1. The van der Waals surface area contributed by atoms with Crippen LogP contribution < -0.4 is 9.47 Å². The molecule has 0 amide bonds. The fourth-order valence-electron chi connectivity index (χ4n) is 3.94. The number of halogens is 1. The Bertz CT molecular complexity index is 1100. The van der Waals surface area contributed by atoms with E-state index in [0.29, 0.717) is 27.8 Å². The first-order valence-corrected chi connectivity index (χ1v) is 12.1. The van der Waals surface area contributed by atoms with Crippen LogP contribution in [-0.2, 0) is 22.4 Å². The maximum Gasteiger partial charge on any atom is 0.344 e. The van der Waals surface area contributed by atoms with Crippen molar-refractivity contribution >= 4 is 40.1 Å². The molecule has 0 bridgehead atoms. The molecule has 0 saturated carbocycles. The molecule has 1 aromatic heterocycles. The summed E-state index contributed by atoms with van der Waals surface area (Å²) in [5.41, 5.74) is 2.75. The van der Waals surface area contributed by atoms with Crippen molar-refractivity contribution in [2.45, 2.75) is 47.0 Å². The van der Waals surface area contributed by atoms with Crippen molar-refractivity contribution in [1.82, 2.24) is 0 Å². The minimum atomic E-state index is -0.486. The third kappa shape index (κ3) is 5.87. The van der Waals surface area contributed by atoms with E-state index in [1.54, 1.807) is 36.6 Å². The van der Waals surface area contributed by atoms with Crippen molar-refractivity contribution in [2.75, 3.05) is 20.3 Å². The average molecular weight is 489 g/mol. The molecule has 33 heavy (non-hydrogen) atoms. The molecule has 0 fully saturated rings. The number of benzene rings is 1. The number of methoxy groups -OCH3 is 1. The molecular weight excluding hydrogens is 460 g/mol. The highest BCUT2D eigenvalue weighted by Gasteiger charge is 2.32. The number of hydrogen-bond acceptors (Lipinski definition) is 7. The molecule has 0 N–H and O–H groups in total. The quantitative estimate of drug-likeness (QED) is 0.346. The van der Waals surface area contributed by atoms with Crippen molar-refractivity contribution < 1.29 is 19.0 Å².